The molecule has 8 nitrogen and oxygen atoms in total. The molecule has 0 saturated carbocycles. The molecule has 3 heterocycles. The highest BCUT2D eigenvalue weighted by Crippen LogP contribution is 2.37. The lowest BCUT2D eigenvalue weighted by Gasteiger charge is -2.29. The fraction of sp³-hybridized carbons (Fsp3) is 0.286. The summed E-state index contributed by atoms with van der Waals surface area (Å²) in [4.78, 5) is 49.7. The number of hydrogen-bond acceptors (Lipinski definition) is 6. The van der Waals surface area contributed by atoms with Gasteiger partial charge in [0, 0.05) is 31.3 Å². The number of carbonyl (C=O) groups excluding carboxylic acids is 2. The molecule has 0 radical (unpaired) electrons. The summed E-state index contributed by atoms with van der Waals surface area (Å²) in [6, 6.07) is 14.1. The molecule has 1 atom stereocenters. The highest BCUT2D eigenvalue weighted by atomic mass is 32.1. The molecule has 1 aromatic heterocycles. The summed E-state index contributed by atoms with van der Waals surface area (Å²) >= 11 is 1.18. The van der Waals surface area contributed by atoms with Crippen LogP contribution in [0.25, 0.3) is 5.57 Å². The van der Waals surface area contributed by atoms with Crippen LogP contribution in [0.5, 0.6) is 5.75 Å². The topological polar surface area (TPSA) is 84.2 Å². The molecule has 0 N–H and O–H groups in total. The summed E-state index contributed by atoms with van der Waals surface area (Å²) in [5, 5.41) is 0. The van der Waals surface area contributed by atoms with Gasteiger partial charge < -0.3 is 14.5 Å². The zero-order chi connectivity index (χ0) is 26.4. The number of hydrogen-bond donors (Lipinski definition) is 0. The quantitative estimate of drug-likeness (QED) is 0.522. The second-order valence-electron chi connectivity index (χ2n) is 8.88. The molecule has 2 aromatic carbocycles. The molecule has 9 heteroatoms. The average molecular weight is 517 g/mol. The van der Waals surface area contributed by atoms with E-state index >= 15 is 0 Å². The number of benzene rings is 2. The summed E-state index contributed by atoms with van der Waals surface area (Å²) in [5.41, 5.74) is 3.12. The van der Waals surface area contributed by atoms with E-state index in [1.807, 2.05) is 62.4 Å². The molecule has 0 saturated heterocycles. The largest absolute Gasteiger partial charge is 0.496 e. The van der Waals surface area contributed by atoms with Crippen molar-refractivity contribution in [2.45, 2.75) is 26.8 Å². The SMILES string of the molecule is CCN(CC)C(=O)C1=C(C)N=c2s/c(=C3/C(=O)N(C)c4ccccc43)c(=O)n2[C@@H]1c1ccccc1OC. The number of aromatic nitrogens is 1. The van der Waals surface area contributed by atoms with Gasteiger partial charge in [-0.1, -0.05) is 47.7 Å². The first-order valence-electron chi connectivity index (χ1n) is 12.2. The predicted octanol–water partition coefficient (Wildman–Crippen LogP) is 2.46. The molecule has 2 aliphatic heterocycles. The Bertz CT molecular complexity index is 1640. The van der Waals surface area contributed by atoms with Crippen molar-refractivity contribution >= 4 is 34.4 Å². The van der Waals surface area contributed by atoms with Crippen molar-refractivity contribution in [1.82, 2.24) is 9.47 Å². The minimum absolute atomic E-state index is 0.179. The summed E-state index contributed by atoms with van der Waals surface area (Å²) in [7, 11) is 3.27. The smallest absolute Gasteiger partial charge is 0.271 e. The van der Waals surface area contributed by atoms with Crippen molar-refractivity contribution in [2.75, 3.05) is 32.1 Å². The van der Waals surface area contributed by atoms with Crippen LogP contribution in [0.4, 0.5) is 5.69 Å². The lowest BCUT2D eigenvalue weighted by molar-refractivity contribution is -0.127. The van der Waals surface area contributed by atoms with E-state index in [4.69, 9.17) is 9.73 Å². The summed E-state index contributed by atoms with van der Waals surface area (Å²) in [5.74, 6) is 0.143. The highest BCUT2D eigenvalue weighted by molar-refractivity contribution is 7.07. The number of nitrogens with zero attached hydrogens (tertiary/aromatic N) is 4. The number of fused-ring (bicyclic) bond motifs is 2. The third kappa shape index (κ3) is 3.72. The number of amides is 2. The van der Waals surface area contributed by atoms with E-state index < -0.39 is 6.04 Å². The molecule has 0 unspecified atom stereocenters. The zero-order valence-electron chi connectivity index (χ0n) is 21.4. The van der Waals surface area contributed by atoms with Crippen molar-refractivity contribution in [3.05, 3.63) is 90.6 Å². The average Bonchev–Trinajstić information content (AvgIpc) is 3.36. The van der Waals surface area contributed by atoms with Crippen molar-refractivity contribution < 1.29 is 14.3 Å². The van der Waals surface area contributed by atoms with Gasteiger partial charge in [0.05, 0.1) is 29.6 Å². The van der Waals surface area contributed by atoms with E-state index in [1.165, 1.54) is 11.3 Å². The molecular weight excluding hydrogens is 488 g/mol. The number of thiazole rings is 1. The molecule has 2 amide bonds. The number of rotatable bonds is 5. The van der Waals surface area contributed by atoms with Crippen LogP contribution < -0.4 is 24.5 Å². The first kappa shape index (κ1) is 24.7. The van der Waals surface area contributed by atoms with Crippen molar-refractivity contribution in [1.29, 1.82) is 0 Å². The van der Waals surface area contributed by atoms with Gasteiger partial charge in [0.15, 0.2) is 4.80 Å². The van der Waals surface area contributed by atoms with Gasteiger partial charge in [-0.25, -0.2) is 4.99 Å². The van der Waals surface area contributed by atoms with Crippen molar-refractivity contribution in [3.8, 4) is 5.75 Å². The van der Waals surface area contributed by atoms with Crippen LogP contribution >= 0.6 is 11.3 Å². The van der Waals surface area contributed by atoms with Gasteiger partial charge in [0.25, 0.3) is 17.4 Å². The summed E-state index contributed by atoms with van der Waals surface area (Å²) in [6.07, 6.45) is 0. The minimum Gasteiger partial charge on any atom is -0.496 e. The zero-order valence-corrected chi connectivity index (χ0v) is 22.3. The van der Waals surface area contributed by atoms with E-state index in [1.54, 1.807) is 35.4 Å². The van der Waals surface area contributed by atoms with Crippen LogP contribution in [-0.4, -0.2) is 48.5 Å². The Morgan fingerprint density at radius 3 is 2.46 bits per heavy atom. The standard InChI is InChI=1S/C28H28N4O4S/c1-6-31(7-2)26(34)21-16(3)29-28-32(23(21)18-13-9-11-15-20(18)36-5)27(35)24(37-28)22-17-12-8-10-14-19(17)30(4)25(22)33/h8-15,23H,6-7H2,1-5H3/b24-22+/t23-/m1/s1. The fourth-order valence-electron chi connectivity index (χ4n) is 5.10. The fourth-order valence-corrected chi connectivity index (χ4v) is 6.24. The second kappa shape index (κ2) is 9.48. The molecule has 2 aliphatic rings. The molecule has 190 valence electrons. The third-order valence-corrected chi connectivity index (χ3v) is 8.05. The van der Waals surface area contributed by atoms with Gasteiger partial charge in [0.1, 0.15) is 16.3 Å². The lowest BCUT2D eigenvalue weighted by atomic mass is 9.94. The van der Waals surface area contributed by atoms with Gasteiger partial charge in [0.2, 0.25) is 0 Å². The van der Waals surface area contributed by atoms with E-state index in [2.05, 4.69) is 0 Å². The van der Waals surface area contributed by atoms with Crippen LogP contribution in [0.15, 0.2) is 69.6 Å². The molecule has 0 fully saturated rings. The number of methoxy groups -OCH3 is 1. The maximum atomic E-state index is 14.2. The Morgan fingerprint density at radius 1 is 1.08 bits per heavy atom. The number of likely N-dealkylation sites (N-methyl/N-ethyl adjacent to an activating group) is 2. The number of ether oxygens (including phenoxy) is 1. The maximum absolute atomic E-state index is 14.2. The Morgan fingerprint density at radius 2 is 1.76 bits per heavy atom. The molecule has 5 rings (SSSR count). The first-order chi connectivity index (χ1) is 17.8. The van der Waals surface area contributed by atoms with E-state index in [0.29, 0.717) is 56.1 Å². The van der Waals surface area contributed by atoms with Crippen molar-refractivity contribution in [2.24, 2.45) is 4.99 Å². The molecule has 0 aliphatic carbocycles. The van der Waals surface area contributed by atoms with Gasteiger partial charge in [-0.3, -0.25) is 19.0 Å². The van der Waals surface area contributed by atoms with Gasteiger partial charge in [-0.05, 0) is 32.9 Å². The Hall–Kier alpha value is -3.98. The van der Waals surface area contributed by atoms with Crippen molar-refractivity contribution in [3.63, 3.8) is 0 Å². The molecule has 0 spiro atoms. The normalized spacial score (nSPS) is 17.9. The van der Waals surface area contributed by atoms with Gasteiger partial charge >= 0.3 is 0 Å². The highest BCUT2D eigenvalue weighted by Gasteiger charge is 2.37. The summed E-state index contributed by atoms with van der Waals surface area (Å²) in [6.45, 7) is 6.69. The van der Waals surface area contributed by atoms with Gasteiger partial charge in [-0.2, -0.15) is 0 Å². The van der Waals surface area contributed by atoms with Crippen LogP contribution in [-0.2, 0) is 9.59 Å². The number of allylic oxidation sites excluding steroid dienone is 1. The predicted molar refractivity (Wildman–Crippen MR) is 143 cm³/mol. The number of anilines is 1. The first-order valence-corrected chi connectivity index (χ1v) is 13.0. The molecule has 3 aromatic rings. The Kier molecular flexibility index (Phi) is 6.33. The minimum atomic E-state index is -0.751. The van der Waals surface area contributed by atoms with E-state index in [0.717, 1.165) is 5.69 Å². The van der Waals surface area contributed by atoms with E-state index in [9.17, 15) is 14.4 Å². The third-order valence-electron chi connectivity index (χ3n) is 6.99. The van der Waals surface area contributed by atoms with Crippen LogP contribution in [0, 0.1) is 0 Å². The number of carbonyl (C=O) groups is 2. The Balaban J connectivity index is 1.85. The van der Waals surface area contributed by atoms with Crippen LogP contribution in [0.2, 0.25) is 0 Å². The number of para-hydroxylation sites is 2. The van der Waals surface area contributed by atoms with Gasteiger partial charge in [-0.15, -0.1) is 0 Å². The Labute approximate surface area is 218 Å². The molecule has 37 heavy (non-hydrogen) atoms. The maximum Gasteiger partial charge on any atom is 0.271 e. The molecular formula is C28H28N4O4S. The second-order valence-corrected chi connectivity index (χ2v) is 9.86. The lowest BCUT2D eigenvalue weighted by Crippen LogP contribution is -2.43. The molecule has 0 bridgehead atoms. The monoisotopic (exact) mass is 516 g/mol. The summed E-state index contributed by atoms with van der Waals surface area (Å²) < 4.78 is 7.51. The van der Waals surface area contributed by atoms with Crippen LogP contribution in [0.3, 0.4) is 0 Å². The van der Waals surface area contributed by atoms with Crippen LogP contribution in [0.1, 0.15) is 37.9 Å². The van der Waals surface area contributed by atoms with E-state index in [-0.39, 0.29) is 17.4 Å².